The van der Waals surface area contributed by atoms with Gasteiger partial charge in [0.1, 0.15) is 0 Å². The van der Waals surface area contributed by atoms with Crippen molar-refractivity contribution in [2.45, 2.75) is 26.2 Å². The number of carbonyl (C=O) groups excluding carboxylic acids is 1. The number of carbonyl (C=O) groups is 2. The van der Waals surface area contributed by atoms with Gasteiger partial charge in [-0.25, -0.2) is 0 Å². The third-order valence-corrected chi connectivity index (χ3v) is 1.65. The van der Waals surface area contributed by atoms with Crippen molar-refractivity contribution in [2.75, 3.05) is 6.54 Å². The average molecular weight is 197 g/mol. The molecule has 0 aliphatic rings. The Hall–Kier alpha value is -1.50. The smallest absolute Gasteiger partial charge is 0.303 e. The van der Waals surface area contributed by atoms with Gasteiger partial charge in [0, 0.05) is 25.8 Å². The van der Waals surface area contributed by atoms with Crippen LogP contribution in [-0.2, 0) is 9.59 Å². The van der Waals surface area contributed by atoms with Gasteiger partial charge in [0.15, 0.2) is 0 Å². The van der Waals surface area contributed by atoms with E-state index in [9.17, 15) is 9.59 Å². The minimum absolute atomic E-state index is 0.0164. The van der Waals surface area contributed by atoms with Gasteiger partial charge in [0.2, 0.25) is 5.91 Å². The van der Waals surface area contributed by atoms with Crippen molar-refractivity contribution in [1.29, 1.82) is 0 Å². The van der Waals surface area contributed by atoms with Crippen molar-refractivity contribution in [2.24, 2.45) is 5.92 Å². The molecule has 0 aliphatic heterocycles. The first-order chi connectivity index (χ1) is 6.56. The van der Waals surface area contributed by atoms with Crippen LogP contribution in [0.5, 0.6) is 0 Å². The van der Waals surface area contributed by atoms with Crippen LogP contribution in [0.2, 0.25) is 0 Å². The van der Waals surface area contributed by atoms with Gasteiger partial charge >= 0.3 is 5.97 Å². The molecule has 0 aliphatic carbocycles. The lowest BCUT2D eigenvalue weighted by molar-refractivity contribution is -0.138. The van der Waals surface area contributed by atoms with Gasteiger partial charge in [-0.15, -0.1) is 12.3 Å². The highest BCUT2D eigenvalue weighted by Gasteiger charge is 2.11. The largest absolute Gasteiger partial charge is 0.481 e. The molecule has 1 amide bonds. The van der Waals surface area contributed by atoms with Crippen LogP contribution in [0.1, 0.15) is 26.2 Å². The number of hydrogen-bond donors (Lipinski definition) is 2. The Morgan fingerprint density at radius 1 is 1.50 bits per heavy atom. The maximum atomic E-state index is 11.1. The number of carboxylic acids is 1. The topological polar surface area (TPSA) is 66.4 Å². The predicted molar refractivity (Wildman–Crippen MR) is 52.5 cm³/mol. The van der Waals surface area contributed by atoms with Crippen LogP contribution in [0, 0.1) is 18.3 Å². The number of carboxylic acid groups (broad SMARTS) is 1. The summed E-state index contributed by atoms with van der Waals surface area (Å²) in [4.78, 5) is 21.4. The van der Waals surface area contributed by atoms with E-state index in [-0.39, 0.29) is 24.7 Å². The van der Waals surface area contributed by atoms with E-state index in [4.69, 9.17) is 11.5 Å². The van der Waals surface area contributed by atoms with E-state index in [2.05, 4.69) is 11.2 Å². The summed E-state index contributed by atoms with van der Waals surface area (Å²) in [5, 5.41) is 11.1. The molecule has 78 valence electrons. The zero-order chi connectivity index (χ0) is 11.0. The second-order valence-electron chi connectivity index (χ2n) is 3.21. The van der Waals surface area contributed by atoms with Crippen molar-refractivity contribution in [1.82, 2.24) is 5.32 Å². The van der Waals surface area contributed by atoms with Crippen LogP contribution in [0.4, 0.5) is 0 Å². The van der Waals surface area contributed by atoms with Gasteiger partial charge < -0.3 is 10.4 Å². The first-order valence-electron chi connectivity index (χ1n) is 4.48. The highest BCUT2D eigenvalue weighted by atomic mass is 16.4. The molecule has 0 aromatic rings. The molecule has 0 rings (SSSR count). The SMILES string of the molecule is C#CCCNC(=O)CC(C)CC(=O)O. The van der Waals surface area contributed by atoms with Crippen LogP contribution in [0.25, 0.3) is 0 Å². The normalized spacial score (nSPS) is 11.4. The molecule has 1 unspecified atom stereocenters. The zero-order valence-corrected chi connectivity index (χ0v) is 8.25. The fourth-order valence-corrected chi connectivity index (χ4v) is 1.03. The first kappa shape index (κ1) is 12.5. The number of aliphatic carboxylic acids is 1. The summed E-state index contributed by atoms with van der Waals surface area (Å²) in [6.45, 7) is 2.18. The van der Waals surface area contributed by atoms with E-state index in [0.717, 1.165) is 0 Å². The Balaban J connectivity index is 3.61. The third kappa shape index (κ3) is 7.17. The summed E-state index contributed by atoms with van der Waals surface area (Å²) in [7, 11) is 0. The molecule has 1 atom stereocenters. The highest BCUT2D eigenvalue weighted by Crippen LogP contribution is 2.06. The Morgan fingerprint density at radius 3 is 2.64 bits per heavy atom. The van der Waals surface area contributed by atoms with Gasteiger partial charge in [-0.2, -0.15) is 0 Å². The molecule has 0 saturated carbocycles. The van der Waals surface area contributed by atoms with Crippen LogP contribution < -0.4 is 5.32 Å². The molecular formula is C10H15NO3. The second-order valence-corrected chi connectivity index (χ2v) is 3.21. The van der Waals surface area contributed by atoms with Crippen LogP contribution in [0.3, 0.4) is 0 Å². The molecule has 0 aromatic heterocycles. The number of rotatable bonds is 6. The lowest BCUT2D eigenvalue weighted by Gasteiger charge is -2.08. The summed E-state index contributed by atoms with van der Waals surface area (Å²) in [6.07, 6.45) is 5.75. The maximum Gasteiger partial charge on any atom is 0.303 e. The Morgan fingerprint density at radius 2 is 2.14 bits per heavy atom. The van der Waals surface area contributed by atoms with E-state index < -0.39 is 5.97 Å². The molecule has 0 saturated heterocycles. The lowest BCUT2D eigenvalue weighted by Crippen LogP contribution is -2.26. The summed E-state index contributed by atoms with van der Waals surface area (Å²) in [5.41, 5.74) is 0. The Labute approximate surface area is 83.7 Å². The van der Waals surface area contributed by atoms with E-state index in [1.54, 1.807) is 6.92 Å². The molecular weight excluding hydrogens is 182 g/mol. The summed E-state index contributed by atoms with van der Waals surface area (Å²) in [6, 6.07) is 0. The first-order valence-corrected chi connectivity index (χ1v) is 4.48. The number of hydrogen-bond acceptors (Lipinski definition) is 2. The molecule has 0 bridgehead atoms. The standard InChI is InChI=1S/C10H15NO3/c1-3-4-5-11-9(12)6-8(2)7-10(13)14/h1,8H,4-7H2,2H3,(H,11,12)(H,13,14). The zero-order valence-electron chi connectivity index (χ0n) is 8.25. The van der Waals surface area contributed by atoms with E-state index >= 15 is 0 Å². The van der Waals surface area contributed by atoms with Gasteiger partial charge in [0.25, 0.3) is 0 Å². The fourth-order valence-electron chi connectivity index (χ4n) is 1.03. The minimum atomic E-state index is -0.881. The van der Waals surface area contributed by atoms with Gasteiger partial charge in [-0.1, -0.05) is 6.92 Å². The van der Waals surface area contributed by atoms with Crippen LogP contribution in [-0.4, -0.2) is 23.5 Å². The molecule has 0 radical (unpaired) electrons. The van der Waals surface area contributed by atoms with E-state index in [1.165, 1.54) is 0 Å². The summed E-state index contributed by atoms with van der Waals surface area (Å²) >= 11 is 0. The van der Waals surface area contributed by atoms with Crippen LogP contribution >= 0.6 is 0 Å². The quantitative estimate of drug-likeness (QED) is 0.484. The lowest BCUT2D eigenvalue weighted by atomic mass is 10.0. The molecule has 14 heavy (non-hydrogen) atoms. The van der Waals surface area contributed by atoms with Gasteiger partial charge in [0.05, 0.1) is 0 Å². The minimum Gasteiger partial charge on any atom is -0.481 e. The van der Waals surface area contributed by atoms with Gasteiger partial charge in [-0.3, -0.25) is 9.59 Å². The van der Waals surface area contributed by atoms with E-state index in [1.807, 2.05) is 0 Å². The highest BCUT2D eigenvalue weighted by molar-refractivity contribution is 5.77. The fraction of sp³-hybridized carbons (Fsp3) is 0.600. The summed E-state index contributed by atoms with van der Waals surface area (Å²) < 4.78 is 0. The number of terminal acetylenes is 1. The molecule has 0 fully saturated rings. The monoisotopic (exact) mass is 197 g/mol. The third-order valence-electron chi connectivity index (χ3n) is 1.65. The Bertz CT molecular complexity index is 242. The van der Waals surface area contributed by atoms with Crippen molar-refractivity contribution in [3.63, 3.8) is 0 Å². The van der Waals surface area contributed by atoms with Crippen molar-refractivity contribution < 1.29 is 14.7 Å². The van der Waals surface area contributed by atoms with Crippen molar-refractivity contribution >= 4 is 11.9 Å². The van der Waals surface area contributed by atoms with E-state index in [0.29, 0.717) is 13.0 Å². The molecule has 0 aromatic carbocycles. The van der Waals surface area contributed by atoms with Crippen LogP contribution in [0.15, 0.2) is 0 Å². The Kier molecular flexibility index (Phi) is 6.21. The molecule has 4 heteroatoms. The molecule has 2 N–H and O–H groups in total. The van der Waals surface area contributed by atoms with Crippen molar-refractivity contribution in [3.8, 4) is 12.3 Å². The second kappa shape index (κ2) is 6.96. The molecule has 0 heterocycles. The number of nitrogens with one attached hydrogen (secondary N) is 1. The molecule has 4 nitrogen and oxygen atoms in total. The average Bonchev–Trinajstić information content (AvgIpc) is 2.02. The number of amides is 1. The predicted octanol–water partition coefficient (Wildman–Crippen LogP) is 0.627. The van der Waals surface area contributed by atoms with Crippen molar-refractivity contribution in [3.05, 3.63) is 0 Å². The summed E-state index contributed by atoms with van der Waals surface area (Å²) in [5.74, 6) is 1.23. The van der Waals surface area contributed by atoms with Gasteiger partial charge in [-0.05, 0) is 5.92 Å². The maximum absolute atomic E-state index is 11.1. The molecule has 0 spiro atoms.